The van der Waals surface area contributed by atoms with Crippen LogP contribution in [0, 0.1) is 26.7 Å². The van der Waals surface area contributed by atoms with Crippen molar-refractivity contribution in [1.82, 2.24) is 20.0 Å². The van der Waals surface area contributed by atoms with Crippen LogP contribution in [-0.2, 0) is 11.2 Å². The zero-order valence-corrected chi connectivity index (χ0v) is 19.5. The molecule has 3 rings (SSSR count). The third-order valence-corrected chi connectivity index (χ3v) is 5.71. The summed E-state index contributed by atoms with van der Waals surface area (Å²) in [6.45, 7) is 6.02. The normalized spacial score (nSPS) is 12.9. The molecule has 0 spiro atoms. The molecular formula is C20H30Cl2N6O3. The SMILES string of the molecule is Cc1nc(N)c(-n2c(C)cnc(NCCC3CCC3)c2=O)c(CC(=O)NO)c1C.Cl.Cl. The minimum absolute atomic E-state index is 0. The fourth-order valence-corrected chi connectivity index (χ4v) is 3.65. The smallest absolute Gasteiger partial charge is 0.298 e. The average Bonchev–Trinajstić information content (AvgIpc) is 2.65. The van der Waals surface area contributed by atoms with Crippen molar-refractivity contribution in [3.8, 4) is 5.69 Å². The molecule has 1 amide bonds. The Kier molecular flexibility index (Phi) is 9.73. The average molecular weight is 473 g/mol. The highest BCUT2D eigenvalue weighted by Crippen LogP contribution is 2.29. The molecule has 0 atom stereocenters. The summed E-state index contributed by atoms with van der Waals surface area (Å²) in [6, 6.07) is 0. The van der Waals surface area contributed by atoms with Gasteiger partial charge in [-0.2, -0.15) is 0 Å². The number of nitrogens with two attached hydrogens (primary N) is 1. The molecule has 2 aromatic rings. The highest BCUT2D eigenvalue weighted by Gasteiger charge is 2.22. The largest absolute Gasteiger partial charge is 0.382 e. The van der Waals surface area contributed by atoms with Crippen LogP contribution in [0.1, 0.15) is 48.2 Å². The number of aromatic nitrogens is 3. The molecule has 0 unspecified atom stereocenters. The number of anilines is 2. The van der Waals surface area contributed by atoms with E-state index in [2.05, 4.69) is 15.3 Å². The molecule has 0 aromatic carbocycles. The Balaban J connectivity index is 0.00000240. The third-order valence-electron chi connectivity index (χ3n) is 5.71. The number of pyridine rings is 1. The van der Waals surface area contributed by atoms with Gasteiger partial charge in [0.2, 0.25) is 5.91 Å². The van der Waals surface area contributed by atoms with Gasteiger partial charge in [0.1, 0.15) is 5.82 Å². The number of hydrogen-bond acceptors (Lipinski definition) is 7. The number of nitrogens with one attached hydrogen (secondary N) is 2. The lowest BCUT2D eigenvalue weighted by Gasteiger charge is -2.25. The van der Waals surface area contributed by atoms with E-state index >= 15 is 0 Å². The molecule has 172 valence electrons. The Morgan fingerprint density at radius 2 is 1.97 bits per heavy atom. The Hall–Kier alpha value is -2.36. The Labute approximate surface area is 193 Å². The maximum atomic E-state index is 13.2. The van der Waals surface area contributed by atoms with Gasteiger partial charge in [-0.3, -0.25) is 19.4 Å². The number of nitrogens with zero attached hydrogens (tertiary/aromatic N) is 3. The van der Waals surface area contributed by atoms with Crippen LogP contribution in [0.15, 0.2) is 11.0 Å². The molecular weight excluding hydrogens is 443 g/mol. The van der Waals surface area contributed by atoms with Crippen molar-refractivity contribution in [3.05, 3.63) is 39.1 Å². The predicted octanol–water partition coefficient (Wildman–Crippen LogP) is 2.63. The third kappa shape index (κ3) is 5.66. The maximum absolute atomic E-state index is 13.2. The fraction of sp³-hybridized carbons (Fsp3) is 0.500. The van der Waals surface area contributed by atoms with E-state index in [1.807, 2.05) is 6.92 Å². The van der Waals surface area contributed by atoms with Gasteiger partial charge in [-0.15, -0.1) is 24.8 Å². The molecule has 11 heteroatoms. The molecule has 1 aliphatic carbocycles. The van der Waals surface area contributed by atoms with Gasteiger partial charge < -0.3 is 11.1 Å². The Morgan fingerprint density at radius 3 is 2.55 bits per heavy atom. The summed E-state index contributed by atoms with van der Waals surface area (Å²) < 4.78 is 1.44. The number of aryl methyl sites for hydroxylation is 2. The molecule has 0 radical (unpaired) electrons. The highest BCUT2D eigenvalue weighted by molar-refractivity contribution is 5.85. The number of halogens is 2. The molecule has 1 aliphatic rings. The van der Waals surface area contributed by atoms with E-state index in [0.29, 0.717) is 29.2 Å². The summed E-state index contributed by atoms with van der Waals surface area (Å²) >= 11 is 0. The van der Waals surface area contributed by atoms with Crippen molar-refractivity contribution < 1.29 is 10.0 Å². The monoisotopic (exact) mass is 472 g/mol. The first-order chi connectivity index (χ1) is 13.8. The first-order valence-electron chi connectivity index (χ1n) is 9.84. The van der Waals surface area contributed by atoms with Crippen molar-refractivity contribution in [2.75, 3.05) is 17.6 Å². The summed E-state index contributed by atoms with van der Waals surface area (Å²) in [5.74, 6) is 0.507. The number of carbonyl (C=O) groups excluding carboxylic acids is 1. The van der Waals surface area contributed by atoms with E-state index in [1.165, 1.54) is 23.8 Å². The number of hydroxylamine groups is 1. The topological polar surface area (TPSA) is 135 Å². The highest BCUT2D eigenvalue weighted by atomic mass is 35.5. The van der Waals surface area contributed by atoms with Gasteiger partial charge in [-0.05, 0) is 44.2 Å². The standard InChI is InChI=1S/C20H28N6O3.2ClH/c1-11-10-23-19(22-8-7-14-5-4-6-14)20(28)26(11)17-15(9-16(27)25-29)12(2)13(3)24-18(17)21;;/h10,14,29H,4-9H2,1-3H3,(H2,21,24)(H,22,23)(H,25,27);2*1H. The van der Waals surface area contributed by atoms with Gasteiger partial charge in [-0.1, -0.05) is 19.3 Å². The van der Waals surface area contributed by atoms with Crippen LogP contribution in [0.2, 0.25) is 0 Å². The van der Waals surface area contributed by atoms with E-state index in [1.54, 1.807) is 25.5 Å². The lowest BCUT2D eigenvalue weighted by atomic mass is 9.83. The lowest BCUT2D eigenvalue weighted by Crippen LogP contribution is -2.30. The molecule has 9 nitrogen and oxygen atoms in total. The van der Waals surface area contributed by atoms with Gasteiger partial charge >= 0.3 is 0 Å². The molecule has 1 fully saturated rings. The zero-order chi connectivity index (χ0) is 21.1. The van der Waals surface area contributed by atoms with Crippen LogP contribution >= 0.6 is 24.8 Å². The van der Waals surface area contributed by atoms with Crippen LogP contribution < -0.4 is 22.1 Å². The van der Waals surface area contributed by atoms with E-state index in [4.69, 9.17) is 10.9 Å². The first kappa shape index (κ1) is 26.7. The Bertz CT molecular complexity index is 992. The van der Waals surface area contributed by atoms with E-state index < -0.39 is 5.91 Å². The van der Waals surface area contributed by atoms with Crippen LogP contribution in [0.3, 0.4) is 0 Å². The molecule has 0 bridgehead atoms. The quantitative estimate of drug-likeness (QED) is 0.359. The summed E-state index contributed by atoms with van der Waals surface area (Å²) in [5.41, 5.74) is 10.3. The zero-order valence-electron chi connectivity index (χ0n) is 17.9. The summed E-state index contributed by atoms with van der Waals surface area (Å²) in [7, 11) is 0. The molecule has 31 heavy (non-hydrogen) atoms. The summed E-state index contributed by atoms with van der Waals surface area (Å²) in [4.78, 5) is 33.7. The second-order valence-electron chi connectivity index (χ2n) is 7.65. The van der Waals surface area contributed by atoms with Gasteiger partial charge in [0, 0.05) is 24.1 Å². The van der Waals surface area contributed by atoms with E-state index in [9.17, 15) is 9.59 Å². The van der Waals surface area contributed by atoms with Crippen molar-refractivity contribution in [3.63, 3.8) is 0 Å². The minimum atomic E-state index is -0.599. The second kappa shape index (κ2) is 11.3. The number of carbonyl (C=O) groups is 1. The lowest BCUT2D eigenvalue weighted by molar-refractivity contribution is -0.128. The van der Waals surface area contributed by atoms with Gasteiger partial charge in [0.15, 0.2) is 5.82 Å². The summed E-state index contributed by atoms with van der Waals surface area (Å²) in [6.07, 6.45) is 6.23. The maximum Gasteiger partial charge on any atom is 0.298 e. The molecule has 0 aliphatic heterocycles. The van der Waals surface area contributed by atoms with E-state index in [0.717, 1.165) is 17.9 Å². The van der Waals surface area contributed by atoms with Crippen LogP contribution in [0.4, 0.5) is 11.6 Å². The van der Waals surface area contributed by atoms with Crippen LogP contribution in [0.25, 0.3) is 5.69 Å². The predicted molar refractivity (Wildman–Crippen MR) is 125 cm³/mol. The van der Waals surface area contributed by atoms with Crippen molar-refractivity contribution in [2.45, 2.75) is 52.9 Å². The van der Waals surface area contributed by atoms with Crippen molar-refractivity contribution >= 4 is 42.4 Å². The minimum Gasteiger partial charge on any atom is -0.382 e. The first-order valence-corrected chi connectivity index (χ1v) is 9.84. The van der Waals surface area contributed by atoms with Crippen molar-refractivity contribution in [2.24, 2.45) is 5.92 Å². The van der Waals surface area contributed by atoms with Crippen LogP contribution in [-0.4, -0.2) is 32.2 Å². The van der Waals surface area contributed by atoms with Gasteiger partial charge in [-0.25, -0.2) is 15.4 Å². The van der Waals surface area contributed by atoms with Gasteiger partial charge in [0.05, 0.1) is 12.1 Å². The summed E-state index contributed by atoms with van der Waals surface area (Å²) in [5, 5.41) is 12.1. The second-order valence-corrected chi connectivity index (χ2v) is 7.65. The molecule has 2 heterocycles. The van der Waals surface area contributed by atoms with Crippen molar-refractivity contribution in [1.29, 1.82) is 0 Å². The number of rotatable bonds is 7. The molecule has 2 aromatic heterocycles. The molecule has 5 N–H and O–H groups in total. The van der Waals surface area contributed by atoms with Gasteiger partial charge in [0.25, 0.3) is 5.56 Å². The fourth-order valence-electron chi connectivity index (χ4n) is 3.65. The number of hydrogen-bond donors (Lipinski definition) is 4. The number of nitrogen functional groups attached to an aromatic ring is 1. The number of amides is 1. The molecule has 1 saturated carbocycles. The molecule has 0 saturated heterocycles. The van der Waals surface area contributed by atoms with E-state index in [-0.39, 0.29) is 48.4 Å². The Morgan fingerprint density at radius 1 is 1.29 bits per heavy atom. The van der Waals surface area contributed by atoms with Crippen LogP contribution in [0.5, 0.6) is 0 Å².